The lowest BCUT2D eigenvalue weighted by molar-refractivity contribution is 0.0954. The second-order valence-electron chi connectivity index (χ2n) is 6.39. The molecule has 30 heavy (non-hydrogen) atoms. The number of amides is 1. The Hall–Kier alpha value is -3.32. The number of carbonyl (C=O) groups excluding carboxylic acids is 1. The largest absolute Gasteiger partial charge is 0.444 e. The van der Waals surface area contributed by atoms with Crippen molar-refractivity contribution in [1.82, 2.24) is 20.9 Å². The molecule has 0 aliphatic heterocycles. The van der Waals surface area contributed by atoms with Gasteiger partial charge < -0.3 is 20.4 Å². The molecule has 0 saturated carbocycles. The number of hydrogen-bond donors (Lipinski definition) is 3. The highest BCUT2D eigenvalue weighted by Gasteiger charge is 2.07. The van der Waals surface area contributed by atoms with E-state index >= 15 is 0 Å². The highest BCUT2D eigenvalue weighted by atomic mass is 35.5. The first-order chi connectivity index (χ1) is 14.7. The standard InChI is InChI=1S/C22H24ClN5O2/c1-2-24-22(26-13-12-25-20(29)16-8-10-18(23)11-9-16)27-14-19-15-30-21(28-19)17-6-4-3-5-7-17/h3-11,15H,2,12-14H2,1H3,(H,25,29)(H2,24,26,27). The molecule has 0 bridgehead atoms. The molecule has 0 aliphatic carbocycles. The van der Waals surface area contributed by atoms with E-state index in [1.807, 2.05) is 37.3 Å². The van der Waals surface area contributed by atoms with E-state index in [1.54, 1.807) is 30.5 Å². The molecule has 7 nitrogen and oxygen atoms in total. The van der Waals surface area contributed by atoms with Crippen LogP contribution in [-0.2, 0) is 6.54 Å². The summed E-state index contributed by atoms with van der Waals surface area (Å²) >= 11 is 5.84. The van der Waals surface area contributed by atoms with Crippen LogP contribution in [0.5, 0.6) is 0 Å². The van der Waals surface area contributed by atoms with Gasteiger partial charge in [-0.2, -0.15) is 0 Å². The van der Waals surface area contributed by atoms with Crippen molar-refractivity contribution in [3.8, 4) is 11.5 Å². The molecule has 8 heteroatoms. The number of aromatic nitrogens is 1. The van der Waals surface area contributed by atoms with Gasteiger partial charge in [0.15, 0.2) is 5.96 Å². The number of nitrogens with one attached hydrogen (secondary N) is 3. The number of halogens is 1. The number of nitrogens with zero attached hydrogens (tertiary/aromatic N) is 2. The second kappa shape index (κ2) is 11.0. The molecule has 156 valence electrons. The molecular weight excluding hydrogens is 402 g/mol. The van der Waals surface area contributed by atoms with Crippen molar-refractivity contribution in [3.05, 3.63) is 77.1 Å². The quantitative estimate of drug-likeness (QED) is 0.292. The Morgan fingerprint density at radius 3 is 2.50 bits per heavy atom. The van der Waals surface area contributed by atoms with Crippen molar-refractivity contribution in [2.24, 2.45) is 4.99 Å². The van der Waals surface area contributed by atoms with Crippen LogP contribution in [0.2, 0.25) is 5.02 Å². The number of guanidine groups is 1. The maximum atomic E-state index is 12.1. The number of hydrogen-bond acceptors (Lipinski definition) is 4. The molecule has 0 saturated heterocycles. The monoisotopic (exact) mass is 425 g/mol. The van der Waals surface area contributed by atoms with E-state index in [1.165, 1.54) is 0 Å². The lowest BCUT2D eigenvalue weighted by atomic mass is 10.2. The predicted octanol–water partition coefficient (Wildman–Crippen LogP) is 3.48. The Morgan fingerprint density at radius 2 is 1.77 bits per heavy atom. The Kier molecular flexibility index (Phi) is 7.86. The summed E-state index contributed by atoms with van der Waals surface area (Å²) in [7, 11) is 0. The molecule has 0 spiro atoms. The van der Waals surface area contributed by atoms with E-state index in [9.17, 15) is 4.79 Å². The van der Waals surface area contributed by atoms with E-state index in [4.69, 9.17) is 16.0 Å². The van der Waals surface area contributed by atoms with Crippen molar-refractivity contribution in [1.29, 1.82) is 0 Å². The van der Waals surface area contributed by atoms with Gasteiger partial charge in [0.2, 0.25) is 5.89 Å². The Balaban J connectivity index is 1.48. The normalized spacial score (nSPS) is 11.2. The maximum Gasteiger partial charge on any atom is 0.251 e. The van der Waals surface area contributed by atoms with Gasteiger partial charge in [0.05, 0.1) is 6.54 Å². The lowest BCUT2D eigenvalue weighted by Crippen LogP contribution is -2.41. The average molecular weight is 426 g/mol. The molecule has 0 atom stereocenters. The van der Waals surface area contributed by atoms with E-state index in [2.05, 4.69) is 25.9 Å². The smallest absolute Gasteiger partial charge is 0.251 e. The van der Waals surface area contributed by atoms with Gasteiger partial charge in [-0.3, -0.25) is 4.79 Å². The van der Waals surface area contributed by atoms with Gasteiger partial charge in [-0.05, 0) is 43.3 Å². The Morgan fingerprint density at radius 1 is 1.03 bits per heavy atom. The summed E-state index contributed by atoms with van der Waals surface area (Å²) in [5.74, 6) is 1.07. The number of benzene rings is 2. The van der Waals surface area contributed by atoms with Crippen molar-refractivity contribution in [2.45, 2.75) is 13.5 Å². The summed E-state index contributed by atoms with van der Waals surface area (Å²) in [5.41, 5.74) is 2.23. The Labute approximate surface area is 180 Å². The first-order valence-electron chi connectivity index (χ1n) is 9.71. The molecule has 0 aliphatic rings. The highest BCUT2D eigenvalue weighted by molar-refractivity contribution is 6.30. The zero-order valence-electron chi connectivity index (χ0n) is 16.7. The van der Waals surface area contributed by atoms with E-state index < -0.39 is 0 Å². The summed E-state index contributed by atoms with van der Waals surface area (Å²) in [6, 6.07) is 16.5. The summed E-state index contributed by atoms with van der Waals surface area (Å²) in [6.45, 7) is 4.07. The van der Waals surface area contributed by atoms with Crippen molar-refractivity contribution in [3.63, 3.8) is 0 Å². The number of carbonyl (C=O) groups is 1. The minimum Gasteiger partial charge on any atom is -0.444 e. The van der Waals surface area contributed by atoms with Gasteiger partial charge in [0.25, 0.3) is 5.91 Å². The minimum absolute atomic E-state index is 0.147. The van der Waals surface area contributed by atoms with E-state index in [0.717, 1.165) is 17.8 Å². The van der Waals surface area contributed by atoms with Crippen LogP contribution < -0.4 is 16.0 Å². The van der Waals surface area contributed by atoms with Gasteiger partial charge >= 0.3 is 0 Å². The summed E-state index contributed by atoms with van der Waals surface area (Å²) in [6.07, 6.45) is 1.61. The third-order valence-electron chi connectivity index (χ3n) is 4.13. The van der Waals surface area contributed by atoms with Gasteiger partial charge in [-0.1, -0.05) is 29.8 Å². The SMILES string of the molecule is CCNC(=NCc1coc(-c2ccccc2)n1)NCCNC(=O)c1ccc(Cl)cc1. The third kappa shape index (κ3) is 6.35. The zero-order chi connectivity index (χ0) is 21.2. The van der Waals surface area contributed by atoms with Gasteiger partial charge in [-0.25, -0.2) is 9.98 Å². The fourth-order valence-corrected chi connectivity index (χ4v) is 2.78. The molecule has 0 fully saturated rings. The predicted molar refractivity (Wildman–Crippen MR) is 119 cm³/mol. The molecule has 1 aromatic heterocycles. The first-order valence-corrected chi connectivity index (χ1v) is 10.1. The first kappa shape index (κ1) is 21.4. The van der Waals surface area contributed by atoms with Crippen molar-refractivity contribution >= 4 is 23.5 Å². The van der Waals surface area contributed by atoms with E-state index in [0.29, 0.717) is 42.1 Å². The minimum atomic E-state index is -0.147. The van der Waals surface area contributed by atoms with Crippen LogP contribution in [0, 0.1) is 0 Å². The van der Waals surface area contributed by atoms with Crippen LogP contribution in [0.4, 0.5) is 0 Å². The molecule has 0 unspecified atom stereocenters. The third-order valence-corrected chi connectivity index (χ3v) is 4.38. The molecule has 2 aromatic carbocycles. The topological polar surface area (TPSA) is 91.6 Å². The molecule has 1 heterocycles. The average Bonchev–Trinajstić information content (AvgIpc) is 3.25. The molecule has 1 amide bonds. The molecule has 0 radical (unpaired) electrons. The number of oxazole rings is 1. The summed E-state index contributed by atoms with van der Waals surface area (Å²) in [5, 5.41) is 9.82. The summed E-state index contributed by atoms with van der Waals surface area (Å²) < 4.78 is 5.54. The van der Waals surface area contributed by atoms with Crippen LogP contribution in [0.15, 0.2) is 70.3 Å². The van der Waals surface area contributed by atoms with Gasteiger partial charge in [-0.15, -0.1) is 0 Å². The van der Waals surface area contributed by atoms with Crippen molar-refractivity contribution < 1.29 is 9.21 Å². The number of rotatable bonds is 8. The lowest BCUT2D eigenvalue weighted by Gasteiger charge is -2.11. The van der Waals surface area contributed by atoms with E-state index in [-0.39, 0.29) is 5.91 Å². The molecular formula is C22H24ClN5O2. The van der Waals surface area contributed by atoms with Gasteiger partial charge in [0.1, 0.15) is 12.0 Å². The highest BCUT2D eigenvalue weighted by Crippen LogP contribution is 2.18. The van der Waals surface area contributed by atoms with Crippen LogP contribution in [0.1, 0.15) is 23.0 Å². The fourth-order valence-electron chi connectivity index (χ4n) is 2.65. The van der Waals surface area contributed by atoms with Crippen LogP contribution >= 0.6 is 11.6 Å². The molecule has 3 N–H and O–H groups in total. The van der Waals surface area contributed by atoms with Crippen LogP contribution in [0.3, 0.4) is 0 Å². The number of aliphatic imine (C=N–C) groups is 1. The maximum absolute atomic E-state index is 12.1. The fraction of sp³-hybridized carbons (Fsp3) is 0.227. The van der Waals surface area contributed by atoms with Crippen LogP contribution in [-0.4, -0.2) is 36.5 Å². The Bertz CT molecular complexity index is 971. The second-order valence-corrected chi connectivity index (χ2v) is 6.83. The summed E-state index contributed by atoms with van der Waals surface area (Å²) in [4.78, 5) is 21.1. The zero-order valence-corrected chi connectivity index (χ0v) is 17.4. The van der Waals surface area contributed by atoms with Crippen LogP contribution in [0.25, 0.3) is 11.5 Å². The van der Waals surface area contributed by atoms with Gasteiger partial charge in [0, 0.05) is 35.8 Å². The molecule has 3 rings (SSSR count). The molecule has 3 aromatic rings. The van der Waals surface area contributed by atoms with Crippen molar-refractivity contribution in [2.75, 3.05) is 19.6 Å².